The molecule has 0 saturated carbocycles. The predicted molar refractivity (Wildman–Crippen MR) is 76.2 cm³/mol. The molecule has 0 bridgehead atoms. The van der Waals surface area contributed by atoms with Crippen LogP contribution in [-0.4, -0.2) is 30.6 Å². The number of benzene rings is 1. The smallest absolute Gasteiger partial charge is 0.340 e. The minimum Gasteiger partial charge on any atom is -0.465 e. The summed E-state index contributed by atoms with van der Waals surface area (Å²) in [4.78, 5) is 11.5. The van der Waals surface area contributed by atoms with Crippen molar-refractivity contribution in [2.24, 2.45) is 0 Å². The summed E-state index contributed by atoms with van der Waals surface area (Å²) < 4.78 is 4.70. The first-order valence-electron chi connectivity index (χ1n) is 6.04. The van der Waals surface area contributed by atoms with E-state index in [4.69, 9.17) is 10.5 Å². The second-order valence-electron chi connectivity index (χ2n) is 4.27. The second kappa shape index (κ2) is 6.00. The molecule has 0 amide bonds. The molecule has 0 spiro atoms. The van der Waals surface area contributed by atoms with Crippen LogP contribution in [0.5, 0.6) is 0 Å². The Kier molecular flexibility index (Phi) is 4.36. The predicted octanol–water partition coefficient (Wildman–Crippen LogP) is 2.36. The Morgan fingerprint density at radius 1 is 1.61 bits per heavy atom. The zero-order chi connectivity index (χ0) is 13.0. The highest BCUT2D eigenvalue weighted by molar-refractivity contribution is 8.00. The molecule has 1 heterocycles. The van der Waals surface area contributed by atoms with Crippen LogP contribution < -0.4 is 11.1 Å². The van der Waals surface area contributed by atoms with Crippen molar-refractivity contribution in [1.82, 2.24) is 0 Å². The van der Waals surface area contributed by atoms with Crippen LogP contribution in [0.3, 0.4) is 0 Å². The highest BCUT2D eigenvalue weighted by Crippen LogP contribution is 2.28. The molecule has 0 aromatic heterocycles. The monoisotopic (exact) mass is 266 g/mol. The Labute approximate surface area is 111 Å². The number of thioether (sulfide) groups is 1. The minimum atomic E-state index is -0.397. The summed E-state index contributed by atoms with van der Waals surface area (Å²) in [6, 6.07) is 5.38. The Balaban J connectivity index is 2.05. The van der Waals surface area contributed by atoms with Crippen LogP contribution in [0.1, 0.15) is 23.2 Å². The number of rotatable bonds is 4. The van der Waals surface area contributed by atoms with Crippen molar-refractivity contribution in [1.29, 1.82) is 0 Å². The summed E-state index contributed by atoms with van der Waals surface area (Å²) in [7, 11) is 1.36. The summed E-state index contributed by atoms with van der Waals surface area (Å²) in [5.74, 6) is 0.843. The van der Waals surface area contributed by atoms with Crippen LogP contribution in [0.4, 0.5) is 11.4 Å². The zero-order valence-electron chi connectivity index (χ0n) is 10.4. The van der Waals surface area contributed by atoms with Crippen molar-refractivity contribution in [2.75, 3.05) is 30.5 Å². The van der Waals surface area contributed by atoms with E-state index < -0.39 is 5.97 Å². The van der Waals surface area contributed by atoms with Crippen molar-refractivity contribution in [2.45, 2.75) is 18.1 Å². The highest BCUT2D eigenvalue weighted by atomic mass is 32.2. The van der Waals surface area contributed by atoms with E-state index in [0.717, 1.165) is 12.2 Å². The number of hydrogen-bond acceptors (Lipinski definition) is 5. The molecule has 3 N–H and O–H groups in total. The standard InChI is InChI=1S/C13H18N2O2S/c1-17-13(16)10-5-2-6-11(12(10)14)15-8-9-4-3-7-18-9/h2,5-6,9,15H,3-4,7-8,14H2,1H3. The van der Waals surface area contributed by atoms with Gasteiger partial charge < -0.3 is 15.8 Å². The van der Waals surface area contributed by atoms with Crippen molar-refractivity contribution < 1.29 is 9.53 Å². The fourth-order valence-corrected chi connectivity index (χ4v) is 3.24. The number of nitrogens with two attached hydrogens (primary N) is 1. The van der Waals surface area contributed by atoms with Crippen LogP contribution in [0, 0.1) is 0 Å². The normalized spacial score (nSPS) is 18.6. The third-order valence-electron chi connectivity index (χ3n) is 3.06. The van der Waals surface area contributed by atoms with E-state index >= 15 is 0 Å². The Bertz CT molecular complexity index is 431. The molecule has 1 unspecified atom stereocenters. The third kappa shape index (κ3) is 2.90. The van der Waals surface area contributed by atoms with Gasteiger partial charge in [0.15, 0.2) is 0 Å². The van der Waals surface area contributed by atoms with Crippen LogP contribution in [0.15, 0.2) is 18.2 Å². The van der Waals surface area contributed by atoms with Crippen LogP contribution in [0.25, 0.3) is 0 Å². The second-order valence-corrected chi connectivity index (χ2v) is 5.68. The molecular formula is C13H18N2O2S. The Morgan fingerprint density at radius 3 is 3.11 bits per heavy atom. The molecule has 5 heteroatoms. The fraction of sp³-hybridized carbons (Fsp3) is 0.462. The number of esters is 1. The van der Waals surface area contributed by atoms with Crippen molar-refractivity contribution in [3.05, 3.63) is 23.8 Å². The Hall–Kier alpha value is -1.36. The quantitative estimate of drug-likeness (QED) is 0.647. The van der Waals surface area contributed by atoms with Gasteiger partial charge in [0, 0.05) is 11.8 Å². The maximum atomic E-state index is 11.5. The average Bonchev–Trinajstić information content (AvgIpc) is 2.90. The summed E-state index contributed by atoms with van der Waals surface area (Å²) in [6.07, 6.45) is 2.53. The number of ether oxygens (including phenoxy) is 1. The molecule has 1 saturated heterocycles. The Morgan fingerprint density at radius 2 is 2.44 bits per heavy atom. The van der Waals surface area contributed by atoms with Crippen molar-refractivity contribution in [3.63, 3.8) is 0 Å². The van der Waals surface area contributed by atoms with Gasteiger partial charge in [0.1, 0.15) is 0 Å². The van der Waals surface area contributed by atoms with Gasteiger partial charge in [0.25, 0.3) is 0 Å². The first kappa shape index (κ1) is 13.1. The lowest BCUT2D eigenvalue weighted by molar-refractivity contribution is 0.0602. The van der Waals surface area contributed by atoms with E-state index in [1.54, 1.807) is 6.07 Å². The number of nitrogen functional groups attached to an aromatic ring is 1. The molecule has 0 radical (unpaired) electrons. The molecule has 1 fully saturated rings. The zero-order valence-corrected chi connectivity index (χ0v) is 11.3. The van der Waals surface area contributed by atoms with E-state index in [1.165, 1.54) is 25.7 Å². The maximum absolute atomic E-state index is 11.5. The lowest BCUT2D eigenvalue weighted by Gasteiger charge is -2.14. The molecule has 1 aliphatic heterocycles. The minimum absolute atomic E-state index is 0.397. The SMILES string of the molecule is COC(=O)c1cccc(NCC2CCCS2)c1N. The summed E-state index contributed by atoms with van der Waals surface area (Å²) >= 11 is 1.99. The summed E-state index contributed by atoms with van der Waals surface area (Å²) in [5.41, 5.74) is 7.67. The molecule has 0 aliphatic carbocycles. The van der Waals surface area contributed by atoms with E-state index in [0.29, 0.717) is 16.5 Å². The first-order chi connectivity index (χ1) is 8.72. The lowest BCUT2D eigenvalue weighted by Crippen LogP contribution is -2.16. The van der Waals surface area contributed by atoms with Gasteiger partial charge in [0.2, 0.25) is 0 Å². The van der Waals surface area contributed by atoms with Gasteiger partial charge in [0.05, 0.1) is 24.0 Å². The largest absolute Gasteiger partial charge is 0.465 e. The van der Waals surface area contributed by atoms with Crippen molar-refractivity contribution in [3.8, 4) is 0 Å². The van der Waals surface area contributed by atoms with Crippen LogP contribution in [0.2, 0.25) is 0 Å². The number of nitrogens with one attached hydrogen (secondary N) is 1. The fourth-order valence-electron chi connectivity index (χ4n) is 2.04. The molecule has 18 heavy (non-hydrogen) atoms. The van der Waals surface area contributed by atoms with Crippen LogP contribution in [-0.2, 0) is 4.74 Å². The topological polar surface area (TPSA) is 64.3 Å². The number of anilines is 2. The molecule has 1 atom stereocenters. The van der Waals surface area contributed by atoms with Gasteiger partial charge >= 0.3 is 5.97 Å². The van der Waals surface area contributed by atoms with Gasteiger partial charge in [-0.3, -0.25) is 0 Å². The number of methoxy groups -OCH3 is 1. The average molecular weight is 266 g/mol. The van der Waals surface area contributed by atoms with Crippen LogP contribution >= 0.6 is 11.8 Å². The number of hydrogen-bond donors (Lipinski definition) is 2. The van der Waals surface area contributed by atoms with Gasteiger partial charge in [-0.15, -0.1) is 0 Å². The lowest BCUT2D eigenvalue weighted by atomic mass is 10.1. The molecule has 98 valence electrons. The van der Waals surface area contributed by atoms with E-state index in [9.17, 15) is 4.79 Å². The molecule has 4 nitrogen and oxygen atoms in total. The number of carbonyl (C=O) groups excluding carboxylic acids is 1. The van der Waals surface area contributed by atoms with Gasteiger partial charge in [-0.25, -0.2) is 4.79 Å². The molecular weight excluding hydrogens is 248 g/mol. The molecule has 1 aromatic rings. The van der Waals surface area contributed by atoms with Gasteiger partial charge in [-0.2, -0.15) is 11.8 Å². The van der Waals surface area contributed by atoms with Crippen molar-refractivity contribution >= 4 is 29.1 Å². The third-order valence-corrected chi connectivity index (χ3v) is 4.45. The number of para-hydroxylation sites is 1. The summed E-state index contributed by atoms with van der Waals surface area (Å²) in [6.45, 7) is 0.888. The molecule has 1 aromatic carbocycles. The molecule has 1 aliphatic rings. The van der Waals surface area contributed by atoms with E-state index in [2.05, 4.69) is 5.32 Å². The highest BCUT2D eigenvalue weighted by Gasteiger charge is 2.17. The van der Waals surface area contributed by atoms with E-state index in [1.807, 2.05) is 23.9 Å². The maximum Gasteiger partial charge on any atom is 0.340 e. The summed E-state index contributed by atoms with van der Waals surface area (Å²) in [5, 5.41) is 3.97. The molecule has 2 rings (SSSR count). The number of carbonyl (C=O) groups is 1. The van der Waals surface area contributed by atoms with Gasteiger partial charge in [-0.05, 0) is 30.7 Å². The first-order valence-corrected chi connectivity index (χ1v) is 7.09. The van der Waals surface area contributed by atoms with E-state index in [-0.39, 0.29) is 0 Å². The van der Waals surface area contributed by atoms with Gasteiger partial charge in [-0.1, -0.05) is 6.07 Å².